The zero-order valence-corrected chi connectivity index (χ0v) is 28.3. The molecule has 6 aliphatic carbocycles. The molecule has 0 saturated carbocycles. The molecule has 4 bridgehead atoms. The van der Waals surface area contributed by atoms with E-state index >= 15 is 0 Å². The van der Waals surface area contributed by atoms with E-state index in [0.29, 0.717) is 29.1 Å². The predicted molar refractivity (Wildman–Crippen MR) is 181 cm³/mol. The summed E-state index contributed by atoms with van der Waals surface area (Å²) >= 11 is 16.3. The van der Waals surface area contributed by atoms with Gasteiger partial charge in [-0.1, -0.05) is 132 Å². The van der Waals surface area contributed by atoms with Crippen molar-refractivity contribution in [2.45, 2.75) is 72.3 Å². The van der Waals surface area contributed by atoms with E-state index in [1.165, 1.54) is 66.9 Å². The van der Waals surface area contributed by atoms with Gasteiger partial charge in [0.2, 0.25) is 0 Å². The minimum Gasteiger partial charge on any atom is -0.0918 e. The van der Waals surface area contributed by atoms with Crippen LogP contribution >= 0.6 is 94.1 Å². The summed E-state index contributed by atoms with van der Waals surface area (Å²) in [4.78, 5) is 18.2. The lowest BCUT2D eigenvalue weighted by Gasteiger charge is -2.47. The maximum Gasteiger partial charge on any atom is 0.0706 e. The Morgan fingerprint density at radius 2 is 0.850 bits per heavy atom. The summed E-state index contributed by atoms with van der Waals surface area (Å²) in [6.45, 7) is 4.92. The molecule has 12 rings (SSSR count). The molecular weight excluding hydrogens is 641 g/mol. The normalized spacial score (nSPS) is 31.4. The number of allylic oxidation sites excluding steroid dienone is 8. The molecule has 0 amide bonds. The van der Waals surface area contributed by atoms with Gasteiger partial charge in [0.15, 0.2) is 0 Å². The minimum atomic E-state index is 0.371. The topological polar surface area (TPSA) is 0 Å². The molecule has 0 fully saturated rings. The van der Waals surface area contributed by atoms with Gasteiger partial charge < -0.3 is 0 Å². The first-order valence-corrected chi connectivity index (χ1v) is 20.4. The van der Waals surface area contributed by atoms with Crippen molar-refractivity contribution in [2.24, 2.45) is 29.1 Å². The second-order valence-corrected chi connectivity index (χ2v) is 21.2. The van der Waals surface area contributed by atoms with E-state index in [9.17, 15) is 0 Å². The molecular formula is C32H24S8. The van der Waals surface area contributed by atoms with Crippen LogP contribution in [0.15, 0.2) is 116 Å². The molecule has 0 aromatic heterocycles. The van der Waals surface area contributed by atoms with E-state index in [1.807, 2.05) is 47.0 Å². The fourth-order valence-electron chi connectivity index (χ4n) is 7.10. The Kier molecular flexibility index (Phi) is 5.69. The van der Waals surface area contributed by atoms with Gasteiger partial charge >= 0.3 is 0 Å². The molecule has 8 heteroatoms. The Labute approximate surface area is 269 Å². The smallest absolute Gasteiger partial charge is 0.0706 e. The zero-order chi connectivity index (χ0) is 26.3. The average molecular weight is 665 g/mol. The molecule has 4 unspecified atom stereocenters. The van der Waals surface area contributed by atoms with Crippen molar-refractivity contribution < 1.29 is 0 Å². The fourth-order valence-corrected chi connectivity index (χ4v) is 18.6. The maximum atomic E-state index is 2.50. The highest BCUT2D eigenvalue weighted by molar-refractivity contribution is 8.30. The van der Waals surface area contributed by atoms with Crippen LogP contribution in [0.25, 0.3) is 0 Å². The van der Waals surface area contributed by atoms with Gasteiger partial charge in [-0.2, -0.15) is 0 Å². The molecule has 0 nitrogen and oxygen atoms in total. The van der Waals surface area contributed by atoms with E-state index in [1.54, 1.807) is 19.6 Å². The van der Waals surface area contributed by atoms with Gasteiger partial charge in [-0.25, -0.2) is 0 Å². The number of rotatable bonds is 0. The van der Waals surface area contributed by atoms with Crippen molar-refractivity contribution in [1.82, 2.24) is 0 Å². The summed E-state index contributed by atoms with van der Waals surface area (Å²) in [5.74, 6) is 2.49. The van der Waals surface area contributed by atoms with Crippen LogP contribution in [-0.2, 0) is 0 Å². The lowest BCUT2D eigenvalue weighted by molar-refractivity contribution is 0.223. The van der Waals surface area contributed by atoms with Crippen LogP contribution in [0.2, 0.25) is 0 Å². The molecule has 0 N–H and O–H groups in total. The summed E-state index contributed by atoms with van der Waals surface area (Å²) in [7, 11) is 0. The first-order valence-electron chi connectivity index (χ1n) is 13.8. The molecule has 10 aliphatic rings. The van der Waals surface area contributed by atoms with Crippen LogP contribution in [-0.4, -0.2) is 0 Å². The summed E-state index contributed by atoms with van der Waals surface area (Å²) in [6.07, 6.45) is 13.9. The van der Waals surface area contributed by atoms with Crippen LogP contribution < -0.4 is 0 Å². The molecule has 2 aromatic rings. The van der Waals surface area contributed by atoms with Crippen LogP contribution in [0.1, 0.15) is 33.1 Å². The summed E-state index contributed by atoms with van der Waals surface area (Å²) < 4.78 is 2.94. The highest BCUT2D eigenvalue weighted by Gasteiger charge is 2.46. The quantitative estimate of drug-likeness (QED) is 0.252. The van der Waals surface area contributed by atoms with Crippen LogP contribution in [0, 0.1) is 29.1 Å². The van der Waals surface area contributed by atoms with Gasteiger partial charge in [-0.3, -0.25) is 0 Å². The number of benzene rings is 2. The van der Waals surface area contributed by atoms with Crippen molar-refractivity contribution in [1.29, 1.82) is 0 Å². The van der Waals surface area contributed by atoms with Gasteiger partial charge in [-0.15, -0.1) is 0 Å². The number of thioether (sulfide) groups is 8. The Hall–Kier alpha value is -0.0600. The third-order valence-electron chi connectivity index (χ3n) is 9.14. The van der Waals surface area contributed by atoms with Gasteiger partial charge in [-0.05, 0) is 48.9 Å². The largest absolute Gasteiger partial charge is 0.0918 e. The Balaban J connectivity index is 0.926. The molecule has 4 atom stereocenters. The lowest BCUT2D eigenvalue weighted by Crippen LogP contribution is -2.35. The molecule has 4 aliphatic heterocycles. The molecule has 40 heavy (non-hydrogen) atoms. The summed E-state index contributed by atoms with van der Waals surface area (Å²) in [5.41, 5.74) is 0.371. The number of hydrogen-bond donors (Lipinski definition) is 0. The van der Waals surface area contributed by atoms with Crippen molar-refractivity contribution >= 4 is 94.1 Å². The summed E-state index contributed by atoms with van der Waals surface area (Å²) in [6, 6.07) is 9.98. The van der Waals surface area contributed by atoms with Crippen molar-refractivity contribution in [3.05, 3.63) is 76.7 Å². The van der Waals surface area contributed by atoms with E-state index in [4.69, 9.17) is 0 Å². The Morgan fingerprint density at radius 1 is 0.475 bits per heavy atom. The van der Waals surface area contributed by atoms with Crippen molar-refractivity contribution in [2.75, 3.05) is 0 Å². The van der Waals surface area contributed by atoms with E-state index in [0.717, 1.165) is 0 Å². The maximum absolute atomic E-state index is 2.50. The second-order valence-electron chi connectivity index (χ2n) is 12.2. The molecule has 2 aromatic carbocycles. The predicted octanol–water partition coefficient (Wildman–Crippen LogP) is 12.6. The van der Waals surface area contributed by atoms with Gasteiger partial charge in [0, 0.05) is 82.5 Å². The molecule has 0 spiro atoms. The van der Waals surface area contributed by atoms with E-state index in [2.05, 4.69) is 109 Å². The lowest BCUT2D eigenvalue weighted by atomic mass is 9.64. The van der Waals surface area contributed by atoms with Crippen molar-refractivity contribution in [3.63, 3.8) is 0 Å². The third-order valence-corrected chi connectivity index (χ3v) is 20.4. The van der Waals surface area contributed by atoms with Crippen LogP contribution in [0.4, 0.5) is 0 Å². The van der Waals surface area contributed by atoms with Crippen LogP contribution in [0.5, 0.6) is 0 Å². The van der Waals surface area contributed by atoms with E-state index < -0.39 is 0 Å². The monoisotopic (exact) mass is 664 g/mol. The first kappa shape index (κ1) is 25.3. The van der Waals surface area contributed by atoms with Gasteiger partial charge in [0.1, 0.15) is 0 Å². The average Bonchev–Trinajstić information content (AvgIpc) is 3.56. The number of hydrogen-bond acceptors (Lipinski definition) is 8. The molecule has 200 valence electrons. The molecule has 4 heterocycles. The standard InChI is InChI=1S/C32H24S8/c1-32(2)13-16-7-8-17(32)29-28(16)35-20-11-24-25(12-21(20)36-29)40-31(39-24)30-37-22-9-18-19(10-23(22)38-30)34-27-15-4-3-14(5-6-15)26(27)33-18/h3-4,7-12,14-17H,5-6,13H2,1-2H3. The second kappa shape index (κ2) is 8.99. The van der Waals surface area contributed by atoms with Crippen LogP contribution in [0.3, 0.4) is 0 Å². The Morgan fingerprint density at radius 3 is 1.27 bits per heavy atom. The highest BCUT2D eigenvalue weighted by Crippen LogP contribution is 2.67. The van der Waals surface area contributed by atoms with Gasteiger partial charge in [0.05, 0.1) is 8.47 Å². The minimum absolute atomic E-state index is 0.371. The zero-order valence-electron chi connectivity index (χ0n) is 21.8. The van der Waals surface area contributed by atoms with Gasteiger partial charge in [0.25, 0.3) is 0 Å². The number of fused-ring (bicyclic) bond motifs is 6. The molecule has 0 radical (unpaired) electrons. The SMILES string of the molecule is CC1(C)CC2C=CC1C1=C2Sc2cc3c(cc2S1)SC(=C1Sc2cc4c(cc2S1)SC1=C(S4)C2C=CC1CC2)S3. The van der Waals surface area contributed by atoms with E-state index in [-0.39, 0.29) is 0 Å². The summed E-state index contributed by atoms with van der Waals surface area (Å²) in [5, 5.41) is 0. The highest BCUT2D eigenvalue weighted by atomic mass is 32.2. The molecule has 0 saturated heterocycles. The van der Waals surface area contributed by atoms with Crippen molar-refractivity contribution in [3.8, 4) is 0 Å². The first-order chi connectivity index (χ1) is 19.5. The third kappa shape index (κ3) is 3.72. The Bertz CT molecular complexity index is 1680. The fraction of sp³-hybridized carbons (Fsp3) is 0.312.